The van der Waals surface area contributed by atoms with Crippen molar-refractivity contribution in [3.05, 3.63) is 11.2 Å². The number of halogens is 1. The number of aromatic nitrogens is 2. The minimum atomic E-state index is -0.480. The van der Waals surface area contributed by atoms with Crippen molar-refractivity contribution in [1.29, 1.82) is 0 Å². The summed E-state index contributed by atoms with van der Waals surface area (Å²) in [5.74, 6) is 1.43. The lowest BCUT2D eigenvalue weighted by molar-refractivity contribution is 0.0240. The lowest BCUT2D eigenvalue weighted by atomic mass is 10.2. The molecule has 0 atom stereocenters. The Balaban J connectivity index is 2.00. The van der Waals surface area contributed by atoms with Gasteiger partial charge in [0.25, 0.3) is 0 Å². The van der Waals surface area contributed by atoms with E-state index in [2.05, 4.69) is 21.8 Å². The van der Waals surface area contributed by atoms with Crippen LogP contribution in [0.15, 0.2) is 6.07 Å². The molecule has 2 heterocycles. The van der Waals surface area contributed by atoms with E-state index in [1.54, 1.807) is 11.0 Å². The van der Waals surface area contributed by atoms with E-state index in [4.69, 9.17) is 16.3 Å². The lowest BCUT2D eigenvalue weighted by Crippen LogP contribution is -2.50. The first kappa shape index (κ1) is 20.6. The SMILES string of the molecule is CCCCN(C)c1nc(Cl)cc(N2CCN(C(=O)OC(C)(C)C)CC2)n1. The van der Waals surface area contributed by atoms with Crippen LogP contribution in [0.1, 0.15) is 40.5 Å². The van der Waals surface area contributed by atoms with Crippen LogP contribution in [-0.2, 0) is 4.74 Å². The van der Waals surface area contributed by atoms with Crippen molar-refractivity contribution in [2.75, 3.05) is 49.6 Å². The van der Waals surface area contributed by atoms with Crippen molar-refractivity contribution in [2.45, 2.75) is 46.1 Å². The molecule has 0 aliphatic carbocycles. The standard InChI is InChI=1S/C18H30ClN5O2/c1-6-7-8-22(5)16-20-14(19)13-15(21-16)23-9-11-24(12-10-23)17(25)26-18(2,3)4/h13H,6-12H2,1-5H3. The highest BCUT2D eigenvalue weighted by Crippen LogP contribution is 2.22. The molecule has 1 aliphatic heterocycles. The number of amides is 1. The molecule has 2 rings (SSSR count). The second-order valence-electron chi connectivity index (χ2n) is 7.58. The summed E-state index contributed by atoms with van der Waals surface area (Å²) < 4.78 is 5.44. The Kier molecular flexibility index (Phi) is 6.92. The Labute approximate surface area is 161 Å². The molecule has 1 saturated heterocycles. The van der Waals surface area contributed by atoms with E-state index in [1.807, 2.05) is 32.7 Å². The number of hydrogen-bond donors (Lipinski definition) is 0. The van der Waals surface area contributed by atoms with Gasteiger partial charge in [-0.05, 0) is 27.2 Å². The van der Waals surface area contributed by atoms with Gasteiger partial charge in [0.1, 0.15) is 16.6 Å². The molecular weight excluding hydrogens is 354 g/mol. The number of carbonyl (C=O) groups is 1. The molecule has 0 aromatic carbocycles. The van der Waals surface area contributed by atoms with Crippen molar-refractivity contribution >= 4 is 29.5 Å². The molecule has 1 fully saturated rings. The number of nitrogens with zero attached hydrogens (tertiary/aromatic N) is 5. The topological polar surface area (TPSA) is 61.8 Å². The fraction of sp³-hybridized carbons (Fsp3) is 0.722. The minimum absolute atomic E-state index is 0.266. The highest BCUT2D eigenvalue weighted by molar-refractivity contribution is 6.29. The number of ether oxygens (including phenoxy) is 1. The molecule has 0 spiro atoms. The van der Waals surface area contributed by atoms with E-state index in [1.165, 1.54) is 0 Å². The Morgan fingerprint density at radius 1 is 1.27 bits per heavy atom. The maximum atomic E-state index is 12.2. The molecule has 0 radical (unpaired) electrons. The molecule has 146 valence electrons. The maximum absolute atomic E-state index is 12.2. The zero-order chi connectivity index (χ0) is 19.3. The molecule has 1 aromatic rings. The van der Waals surface area contributed by atoms with Gasteiger partial charge >= 0.3 is 6.09 Å². The van der Waals surface area contributed by atoms with Gasteiger partial charge in [0, 0.05) is 45.8 Å². The predicted octanol–water partition coefficient (Wildman–Crippen LogP) is 3.42. The van der Waals surface area contributed by atoms with Crippen LogP contribution in [0, 0.1) is 0 Å². The van der Waals surface area contributed by atoms with Gasteiger partial charge in [-0.1, -0.05) is 24.9 Å². The summed E-state index contributed by atoms with van der Waals surface area (Å²) in [5, 5.41) is 0.433. The predicted molar refractivity (Wildman–Crippen MR) is 105 cm³/mol. The number of carbonyl (C=O) groups excluding carboxylic acids is 1. The summed E-state index contributed by atoms with van der Waals surface area (Å²) in [6.07, 6.45) is 1.93. The van der Waals surface area contributed by atoms with E-state index in [0.29, 0.717) is 37.3 Å². The molecule has 0 N–H and O–H groups in total. The minimum Gasteiger partial charge on any atom is -0.444 e. The Bertz CT molecular complexity index is 612. The summed E-state index contributed by atoms with van der Waals surface area (Å²) in [5.41, 5.74) is -0.480. The Morgan fingerprint density at radius 2 is 1.92 bits per heavy atom. The quantitative estimate of drug-likeness (QED) is 0.726. The molecule has 1 amide bonds. The van der Waals surface area contributed by atoms with E-state index >= 15 is 0 Å². The van der Waals surface area contributed by atoms with Crippen molar-refractivity contribution in [1.82, 2.24) is 14.9 Å². The van der Waals surface area contributed by atoms with Gasteiger partial charge in [0.2, 0.25) is 5.95 Å². The van der Waals surface area contributed by atoms with Gasteiger partial charge < -0.3 is 19.4 Å². The summed E-state index contributed by atoms with van der Waals surface area (Å²) in [4.78, 5) is 27.1. The second kappa shape index (κ2) is 8.75. The average Bonchev–Trinajstić information content (AvgIpc) is 2.57. The first-order valence-corrected chi connectivity index (χ1v) is 9.56. The molecule has 0 bridgehead atoms. The van der Waals surface area contributed by atoms with Gasteiger partial charge in [-0.25, -0.2) is 9.78 Å². The summed E-state index contributed by atoms with van der Waals surface area (Å²) in [6.45, 7) is 11.2. The number of piperazine rings is 1. The van der Waals surface area contributed by atoms with E-state index in [0.717, 1.165) is 25.2 Å². The van der Waals surface area contributed by atoms with Crippen molar-refractivity contribution in [3.8, 4) is 0 Å². The van der Waals surface area contributed by atoms with Crippen molar-refractivity contribution in [3.63, 3.8) is 0 Å². The Morgan fingerprint density at radius 3 is 2.50 bits per heavy atom. The van der Waals surface area contributed by atoms with Gasteiger partial charge in [0.05, 0.1) is 0 Å². The van der Waals surface area contributed by atoms with Crippen LogP contribution in [0.25, 0.3) is 0 Å². The van der Waals surface area contributed by atoms with E-state index < -0.39 is 5.60 Å². The number of anilines is 2. The first-order valence-electron chi connectivity index (χ1n) is 9.18. The second-order valence-corrected chi connectivity index (χ2v) is 7.97. The monoisotopic (exact) mass is 383 g/mol. The molecule has 1 aliphatic rings. The molecule has 0 saturated carbocycles. The molecule has 8 heteroatoms. The lowest BCUT2D eigenvalue weighted by Gasteiger charge is -2.36. The largest absolute Gasteiger partial charge is 0.444 e. The average molecular weight is 384 g/mol. The van der Waals surface area contributed by atoms with Crippen LogP contribution >= 0.6 is 11.6 Å². The molecule has 1 aromatic heterocycles. The summed E-state index contributed by atoms with van der Waals surface area (Å²) >= 11 is 6.21. The van der Waals surface area contributed by atoms with Crippen LogP contribution < -0.4 is 9.80 Å². The van der Waals surface area contributed by atoms with E-state index in [-0.39, 0.29) is 6.09 Å². The number of hydrogen-bond acceptors (Lipinski definition) is 6. The van der Waals surface area contributed by atoms with Crippen LogP contribution in [0.3, 0.4) is 0 Å². The summed E-state index contributed by atoms with van der Waals surface area (Å²) in [6, 6.07) is 1.78. The number of unbranched alkanes of at least 4 members (excludes halogenated alkanes) is 1. The smallest absolute Gasteiger partial charge is 0.410 e. The number of rotatable bonds is 5. The third kappa shape index (κ3) is 5.90. The van der Waals surface area contributed by atoms with Crippen molar-refractivity contribution < 1.29 is 9.53 Å². The van der Waals surface area contributed by atoms with Crippen molar-refractivity contribution in [2.24, 2.45) is 0 Å². The van der Waals surface area contributed by atoms with Crippen LogP contribution in [0.2, 0.25) is 5.15 Å². The maximum Gasteiger partial charge on any atom is 0.410 e. The molecular formula is C18H30ClN5O2. The third-order valence-corrected chi connectivity index (χ3v) is 4.31. The van der Waals surface area contributed by atoms with Gasteiger partial charge in [-0.3, -0.25) is 0 Å². The third-order valence-electron chi connectivity index (χ3n) is 4.11. The fourth-order valence-corrected chi connectivity index (χ4v) is 2.84. The van der Waals surface area contributed by atoms with Gasteiger partial charge in [-0.15, -0.1) is 0 Å². The zero-order valence-electron chi connectivity index (χ0n) is 16.5. The highest BCUT2D eigenvalue weighted by Gasteiger charge is 2.26. The zero-order valence-corrected chi connectivity index (χ0v) is 17.2. The van der Waals surface area contributed by atoms with Crippen LogP contribution in [0.4, 0.5) is 16.6 Å². The van der Waals surface area contributed by atoms with Gasteiger partial charge in [0.15, 0.2) is 0 Å². The fourth-order valence-electron chi connectivity index (χ4n) is 2.67. The first-order chi connectivity index (χ1) is 12.2. The molecule has 26 heavy (non-hydrogen) atoms. The summed E-state index contributed by atoms with van der Waals surface area (Å²) in [7, 11) is 1.98. The normalized spacial score (nSPS) is 15.2. The highest BCUT2D eigenvalue weighted by atomic mass is 35.5. The van der Waals surface area contributed by atoms with E-state index in [9.17, 15) is 4.79 Å². The Hall–Kier alpha value is -1.76. The van der Waals surface area contributed by atoms with Crippen LogP contribution in [-0.4, -0.2) is 66.3 Å². The van der Waals surface area contributed by atoms with Gasteiger partial charge in [-0.2, -0.15) is 4.98 Å². The molecule has 0 unspecified atom stereocenters. The molecule has 7 nitrogen and oxygen atoms in total. The van der Waals surface area contributed by atoms with Crippen LogP contribution in [0.5, 0.6) is 0 Å².